The summed E-state index contributed by atoms with van der Waals surface area (Å²) in [6.45, 7) is -0.0565. The van der Waals surface area contributed by atoms with Gasteiger partial charge in [-0.15, -0.1) is 0 Å². The van der Waals surface area contributed by atoms with E-state index in [0.29, 0.717) is 18.6 Å². The SMILES string of the molecule is O=C(CNC1(C(=O)O)CCC1)NC(=O)NCc1ccco1. The molecule has 0 radical (unpaired) electrons. The number of aliphatic carboxylic acids is 1. The number of carbonyl (C=O) groups excluding carboxylic acids is 2. The standard InChI is InChI=1S/C13H17N3O5/c17-10(8-15-13(11(18)19)4-2-5-13)16-12(20)14-7-9-3-1-6-21-9/h1,3,6,15H,2,4-5,7-8H2,(H,18,19)(H2,14,16,17,20). The van der Waals surface area contributed by atoms with Gasteiger partial charge in [-0.3, -0.25) is 20.2 Å². The van der Waals surface area contributed by atoms with Crippen LogP contribution >= 0.6 is 0 Å². The Bertz CT molecular complexity index is 522. The number of hydrogen-bond donors (Lipinski definition) is 4. The first-order valence-electron chi connectivity index (χ1n) is 6.60. The summed E-state index contributed by atoms with van der Waals surface area (Å²) >= 11 is 0. The predicted octanol–water partition coefficient (Wildman–Crippen LogP) is 0.202. The van der Waals surface area contributed by atoms with Gasteiger partial charge < -0.3 is 14.8 Å². The number of carboxylic acid groups (broad SMARTS) is 1. The monoisotopic (exact) mass is 295 g/mol. The van der Waals surface area contributed by atoms with Crippen LogP contribution in [0.5, 0.6) is 0 Å². The fourth-order valence-corrected chi connectivity index (χ4v) is 2.04. The van der Waals surface area contributed by atoms with Crippen molar-refractivity contribution in [1.82, 2.24) is 16.0 Å². The van der Waals surface area contributed by atoms with Crippen LogP contribution < -0.4 is 16.0 Å². The second-order valence-electron chi connectivity index (χ2n) is 4.90. The molecule has 4 N–H and O–H groups in total. The van der Waals surface area contributed by atoms with Crippen molar-refractivity contribution in [3.8, 4) is 0 Å². The van der Waals surface area contributed by atoms with Gasteiger partial charge in [0.05, 0.1) is 19.4 Å². The lowest BCUT2D eigenvalue weighted by Gasteiger charge is -2.38. The summed E-state index contributed by atoms with van der Waals surface area (Å²) in [5.74, 6) is -0.988. The fourth-order valence-electron chi connectivity index (χ4n) is 2.04. The van der Waals surface area contributed by atoms with Crippen LogP contribution in [0.4, 0.5) is 4.79 Å². The van der Waals surface area contributed by atoms with E-state index in [1.165, 1.54) is 6.26 Å². The van der Waals surface area contributed by atoms with Crippen LogP contribution in [-0.4, -0.2) is 35.1 Å². The highest BCUT2D eigenvalue weighted by Crippen LogP contribution is 2.31. The number of nitrogens with one attached hydrogen (secondary N) is 3. The highest BCUT2D eigenvalue weighted by atomic mass is 16.4. The lowest BCUT2D eigenvalue weighted by Crippen LogP contribution is -2.59. The summed E-state index contributed by atoms with van der Waals surface area (Å²) in [6.07, 6.45) is 3.26. The number of imide groups is 1. The van der Waals surface area contributed by atoms with Crippen LogP contribution in [0.2, 0.25) is 0 Å². The number of furan rings is 1. The number of amides is 3. The number of carboxylic acids is 1. The lowest BCUT2D eigenvalue weighted by atomic mass is 9.77. The molecule has 1 aromatic rings. The van der Waals surface area contributed by atoms with E-state index < -0.39 is 23.4 Å². The quantitative estimate of drug-likeness (QED) is 0.595. The van der Waals surface area contributed by atoms with Crippen LogP contribution in [0.3, 0.4) is 0 Å². The predicted molar refractivity (Wildman–Crippen MR) is 71.3 cm³/mol. The molecule has 0 aliphatic heterocycles. The lowest BCUT2D eigenvalue weighted by molar-refractivity contribution is -0.148. The molecule has 1 aliphatic rings. The van der Waals surface area contributed by atoms with Crippen molar-refractivity contribution < 1.29 is 23.9 Å². The van der Waals surface area contributed by atoms with Gasteiger partial charge in [-0.25, -0.2) is 4.79 Å². The first-order chi connectivity index (χ1) is 10.0. The van der Waals surface area contributed by atoms with E-state index in [-0.39, 0.29) is 13.1 Å². The van der Waals surface area contributed by atoms with Gasteiger partial charge in [0.1, 0.15) is 11.3 Å². The molecule has 114 valence electrons. The van der Waals surface area contributed by atoms with Crippen molar-refractivity contribution in [3.05, 3.63) is 24.2 Å². The maximum atomic E-state index is 11.6. The minimum atomic E-state index is -1.03. The third kappa shape index (κ3) is 3.82. The summed E-state index contributed by atoms with van der Waals surface area (Å²) in [5.41, 5.74) is -1.03. The van der Waals surface area contributed by atoms with Crippen molar-refractivity contribution in [2.24, 2.45) is 0 Å². The van der Waals surface area contributed by atoms with Crippen molar-refractivity contribution >= 4 is 17.9 Å². The molecule has 1 heterocycles. The Balaban J connectivity index is 1.69. The van der Waals surface area contributed by atoms with Gasteiger partial charge in [0.25, 0.3) is 0 Å². The summed E-state index contributed by atoms with van der Waals surface area (Å²) in [5, 5.41) is 16.4. The Morgan fingerprint density at radius 1 is 1.33 bits per heavy atom. The van der Waals surface area contributed by atoms with Crippen LogP contribution in [0.25, 0.3) is 0 Å². The van der Waals surface area contributed by atoms with E-state index in [0.717, 1.165) is 6.42 Å². The maximum Gasteiger partial charge on any atom is 0.323 e. The van der Waals surface area contributed by atoms with E-state index in [9.17, 15) is 14.4 Å². The molecule has 1 fully saturated rings. The molecule has 0 spiro atoms. The van der Waals surface area contributed by atoms with E-state index in [1.807, 2.05) is 0 Å². The van der Waals surface area contributed by atoms with Crippen molar-refractivity contribution in [2.75, 3.05) is 6.54 Å². The highest BCUT2D eigenvalue weighted by molar-refractivity contribution is 5.95. The molecule has 0 bridgehead atoms. The molecule has 1 aliphatic carbocycles. The van der Waals surface area contributed by atoms with Gasteiger partial charge in [-0.1, -0.05) is 0 Å². The zero-order valence-electron chi connectivity index (χ0n) is 11.3. The Hall–Kier alpha value is -2.35. The van der Waals surface area contributed by atoms with Gasteiger partial charge in [0.15, 0.2) is 0 Å². The van der Waals surface area contributed by atoms with Crippen molar-refractivity contribution in [3.63, 3.8) is 0 Å². The first-order valence-corrected chi connectivity index (χ1v) is 6.60. The number of hydrogen-bond acceptors (Lipinski definition) is 5. The van der Waals surface area contributed by atoms with Crippen LogP contribution in [0.15, 0.2) is 22.8 Å². The van der Waals surface area contributed by atoms with E-state index in [4.69, 9.17) is 9.52 Å². The zero-order chi connectivity index (χ0) is 15.3. The summed E-state index contributed by atoms with van der Waals surface area (Å²) < 4.78 is 5.02. The molecular weight excluding hydrogens is 278 g/mol. The Labute approximate surface area is 120 Å². The number of rotatable bonds is 6. The summed E-state index contributed by atoms with van der Waals surface area (Å²) in [4.78, 5) is 34.1. The third-order valence-electron chi connectivity index (χ3n) is 3.46. The molecule has 21 heavy (non-hydrogen) atoms. The average Bonchev–Trinajstić information content (AvgIpc) is 2.87. The Morgan fingerprint density at radius 3 is 2.62 bits per heavy atom. The normalized spacial score (nSPS) is 15.8. The topological polar surface area (TPSA) is 121 Å². The van der Waals surface area contributed by atoms with Gasteiger partial charge in [0, 0.05) is 0 Å². The van der Waals surface area contributed by atoms with E-state index in [1.54, 1.807) is 12.1 Å². The van der Waals surface area contributed by atoms with Gasteiger partial charge in [0.2, 0.25) is 5.91 Å². The molecular formula is C13H17N3O5. The number of carbonyl (C=O) groups is 3. The zero-order valence-corrected chi connectivity index (χ0v) is 11.3. The Morgan fingerprint density at radius 2 is 2.10 bits per heavy atom. The molecule has 1 saturated carbocycles. The van der Waals surface area contributed by atoms with Gasteiger partial charge >= 0.3 is 12.0 Å². The highest BCUT2D eigenvalue weighted by Gasteiger charge is 2.44. The van der Waals surface area contributed by atoms with Crippen LogP contribution in [0, 0.1) is 0 Å². The molecule has 3 amide bonds. The molecule has 0 aromatic carbocycles. The van der Waals surface area contributed by atoms with E-state index in [2.05, 4.69) is 16.0 Å². The molecule has 8 nitrogen and oxygen atoms in total. The van der Waals surface area contributed by atoms with Gasteiger partial charge in [-0.2, -0.15) is 0 Å². The molecule has 0 unspecified atom stereocenters. The number of urea groups is 1. The summed E-state index contributed by atoms with van der Waals surface area (Å²) in [7, 11) is 0. The molecule has 2 rings (SSSR count). The van der Waals surface area contributed by atoms with Crippen molar-refractivity contribution in [2.45, 2.75) is 31.3 Å². The Kier molecular flexibility index (Phi) is 4.59. The fraction of sp³-hybridized carbons (Fsp3) is 0.462. The second kappa shape index (κ2) is 6.40. The van der Waals surface area contributed by atoms with E-state index >= 15 is 0 Å². The third-order valence-corrected chi connectivity index (χ3v) is 3.46. The molecule has 0 atom stereocenters. The molecule has 1 aromatic heterocycles. The minimum Gasteiger partial charge on any atom is -0.480 e. The van der Waals surface area contributed by atoms with Crippen molar-refractivity contribution in [1.29, 1.82) is 0 Å². The largest absolute Gasteiger partial charge is 0.480 e. The van der Waals surface area contributed by atoms with Gasteiger partial charge in [-0.05, 0) is 31.4 Å². The maximum absolute atomic E-state index is 11.6. The smallest absolute Gasteiger partial charge is 0.323 e. The van der Waals surface area contributed by atoms with Crippen LogP contribution in [-0.2, 0) is 16.1 Å². The molecule has 8 heteroatoms. The first kappa shape index (κ1) is 15.0. The van der Waals surface area contributed by atoms with Crippen LogP contribution in [0.1, 0.15) is 25.0 Å². The summed E-state index contributed by atoms with van der Waals surface area (Å²) in [6, 6.07) is 2.72. The second-order valence-corrected chi connectivity index (χ2v) is 4.90. The minimum absolute atomic E-state index is 0.165. The average molecular weight is 295 g/mol. The molecule has 0 saturated heterocycles.